The van der Waals surface area contributed by atoms with Crippen LogP contribution in [0.25, 0.3) is 0 Å². The molecule has 27 heavy (non-hydrogen) atoms. The van der Waals surface area contributed by atoms with Gasteiger partial charge < -0.3 is 14.4 Å². The molecule has 0 aromatic heterocycles. The Kier molecular flexibility index (Phi) is 4.36. The number of benzene rings is 2. The molecule has 0 atom stereocenters. The zero-order valence-corrected chi connectivity index (χ0v) is 15.6. The Morgan fingerprint density at radius 3 is 2.04 bits per heavy atom. The number of carbonyl (C=O) groups excluding carboxylic acids is 2. The lowest BCUT2D eigenvalue weighted by Crippen LogP contribution is -2.65. The zero-order chi connectivity index (χ0) is 19.1. The van der Waals surface area contributed by atoms with Crippen molar-refractivity contribution in [3.05, 3.63) is 71.3 Å². The molecule has 5 heteroatoms. The minimum atomic E-state index is -0.565. The Balaban J connectivity index is 1.50. The van der Waals surface area contributed by atoms with Crippen molar-refractivity contribution in [2.24, 2.45) is 5.41 Å². The number of nitrogens with zero attached hydrogens (tertiary/aromatic N) is 1. The van der Waals surface area contributed by atoms with Gasteiger partial charge in [0.15, 0.2) is 11.6 Å². The summed E-state index contributed by atoms with van der Waals surface area (Å²) in [7, 11) is 0. The van der Waals surface area contributed by atoms with Gasteiger partial charge in [-0.15, -0.1) is 0 Å². The minimum Gasteiger partial charge on any atom is -0.350 e. The maximum Gasteiger partial charge on any atom is 0.254 e. The molecular weight excluding hydrogens is 342 g/mol. The van der Waals surface area contributed by atoms with E-state index < -0.39 is 5.79 Å². The summed E-state index contributed by atoms with van der Waals surface area (Å²) in [6.45, 7) is 6.11. The molecule has 2 aliphatic heterocycles. The van der Waals surface area contributed by atoms with Crippen LogP contribution < -0.4 is 0 Å². The quantitative estimate of drug-likeness (QED) is 0.784. The maximum atomic E-state index is 13.0. The summed E-state index contributed by atoms with van der Waals surface area (Å²) in [6, 6.07) is 16.1. The van der Waals surface area contributed by atoms with E-state index in [2.05, 4.69) is 0 Å². The Morgan fingerprint density at radius 1 is 0.852 bits per heavy atom. The van der Waals surface area contributed by atoms with Gasteiger partial charge in [-0.2, -0.15) is 0 Å². The fourth-order valence-corrected chi connectivity index (χ4v) is 3.61. The summed E-state index contributed by atoms with van der Waals surface area (Å²) in [5.74, 6) is -0.823. The van der Waals surface area contributed by atoms with Crippen molar-refractivity contribution in [1.82, 2.24) is 4.90 Å². The molecule has 2 aromatic rings. The van der Waals surface area contributed by atoms with E-state index >= 15 is 0 Å². The number of ether oxygens (including phenoxy) is 2. The van der Waals surface area contributed by atoms with E-state index in [1.54, 1.807) is 41.3 Å². The second-order valence-corrected chi connectivity index (χ2v) is 7.88. The molecule has 5 nitrogen and oxygen atoms in total. The van der Waals surface area contributed by atoms with Crippen molar-refractivity contribution >= 4 is 11.7 Å². The van der Waals surface area contributed by atoms with E-state index in [-0.39, 0.29) is 17.1 Å². The summed E-state index contributed by atoms with van der Waals surface area (Å²) in [5.41, 5.74) is 1.32. The topological polar surface area (TPSA) is 55.8 Å². The molecule has 2 aliphatic rings. The van der Waals surface area contributed by atoms with Gasteiger partial charge in [-0.25, -0.2) is 0 Å². The molecule has 0 radical (unpaired) electrons. The number of amides is 1. The monoisotopic (exact) mass is 365 g/mol. The van der Waals surface area contributed by atoms with Gasteiger partial charge in [0.05, 0.1) is 24.2 Å². The molecule has 2 saturated heterocycles. The maximum absolute atomic E-state index is 13.0. The van der Waals surface area contributed by atoms with Crippen LogP contribution in [0, 0.1) is 5.41 Å². The van der Waals surface area contributed by atoms with Crippen molar-refractivity contribution < 1.29 is 19.1 Å². The highest BCUT2D eigenvalue weighted by atomic mass is 16.7. The fourth-order valence-electron chi connectivity index (χ4n) is 3.61. The van der Waals surface area contributed by atoms with Crippen LogP contribution in [0.1, 0.15) is 40.1 Å². The number of carbonyl (C=O) groups is 2. The van der Waals surface area contributed by atoms with Gasteiger partial charge in [0.25, 0.3) is 5.91 Å². The van der Waals surface area contributed by atoms with Crippen molar-refractivity contribution in [1.29, 1.82) is 0 Å². The normalized spacial score (nSPS) is 20.1. The van der Waals surface area contributed by atoms with Gasteiger partial charge in [0.2, 0.25) is 0 Å². The molecule has 0 aliphatic carbocycles. The van der Waals surface area contributed by atoms with Crippen molar-refractivity contribution in [2.45, 2.75) is 19.6 Å². The predicted molar refractivity (Wildman–Crippen MR) is 101 cm³/mol. The van der Waals surface area contributed by atoms with Crippen LogP contribution in [0.5, 0.6) is 0 Å². The second kappa shape index (κ2) is 6.59. The Labute approximate surface area is 158 Å². The van der Waals surface area contributed by atoms with Crippen LogP contribution in [-0.2, 0) is 9.47 Å². The molecule has 140 valence electrons. The van der Waals surface area contributed by atoms with Crippen LogP contribution in [0.4, 0.5) is 0 Å². The molecule has 0 unspecified atom stereocenters. The average molecular weight is 365 g/mol. The van der Waals surface area contributed by atoms with E-state index in [0.717, 1.165) is 0 Å². The van der Waals surface area contributed by atoms with E-state index in [1.165, 1.54) is 0 Å². The Hall–Kier alpha value is -2.50. The number of rotatable bonds is 3. The molecule has 0 N–H and O–H groups in total. The smallest absolute Gasteiger partial charge is 0.254 e. The summed E-state index contributed by atoms with van der Waals surface area (Å²) in [5, 5.41) is 0. The highest BCUT2D eigenvalue weighted by Gasteiger charge is 2.50. The second-order valence-electron chi connectivity index (χ2n) is 7.88. The van der Waals surface area contributed by atoms with Crippen molar-refractivity contribution in [3.63, 3.8) is 0 Å². The van der Waals surface area contributed by atoms with Gasteiger partial charge >= 0.3 is 0 Å². The minimum absolute atomic E-state index is 0.120. The first kappa shape index (κ1) is 17.9. The molecule has 2 heterocycles. The van der Waals surface area contributed by atoms with Crippen LogP contribution in [0.2, 0.25) is 0 Å². The number of hydrogen-bond donors (Lipinski definition) is 0. The number of likely N-dealkylation sites (tertiary alicyclic amines) is 1. The molecule has 1 amide bonds. The highest BCUT2D eigenvalue weighted by Crippen LogP contribution is 2.38. The first-order valence-electron chi connectivity index (χ1n) is 9.15. The van der Waals surface area contributed by atoms with E-state index in [4.69, 9.17) is 9.47 Å². The van der Waals surface area contributed by atoms with Gasteiger partial charge in [0.1, 0.15) is 0 Å². The fraction of sp³-hybridized carbons (Fsp3) is 0.364. The average Bonchev–Trinajstić information content (AvgIpc) is 2.66. The first-order valence-corrected chi connectivity index (χ1v) is 9.15. The highest BCUT2D eigenvalue weighted by molar-refractivity contribution is 6.15. The number of hydrogen-bond acceptors (Lipinski definition) is 4. The summed E-state index contributed by atoms with van der Waals surface area (Å²) in [4.78, 5) is 27.7. The van der Waals surface area contributed by atoms with Crippen LogP contribution in [0.3, 0.4) is 0 Å². The molecule has 2 aromatic carbocycles. The third kappa shape index (κ3) is 3.40. The third-order valence-corrected chi connectivity index (χ3v) is 5.23. The van der Waals surface area contributed by atoms with Gasteiger partial charge in [-0.1, -0.05) is 48.5 Å². The van der Waals surface area contributed by atoms with E-state index in [1.807, 2.05) is 32.0 Å². The molecule has 0 bridgehead atoms. The number of ketones is 1. The summed E-state index contributed by atoms with van der Waals surface area (Å²) < 4.78 is 11.5. The van der Waals surface area contributed by atoms with Crippen molar-refractivity contribution in [2.75, 3.05) is 26.3 Å². The largest absolute Gasteiger partial charge is 0.350 e. The Bertz CT molecular complexity index is 857. The lowest BCUT2D eigenvalue weighted by Gasteiger charge is -2.54. The summed E-state index contributed by atoms with van der Waals surface area (Å²) >= 11 is 0. The predicted octanol–water partition coefficient (Wildman–Crippen LogP) is 3.14. The lowest BCUT2D eigenvalue weighted by atomic mass is 9.80. The SMILES string of the molecule is CC1(C)OCC2(CO1)CN(C(=O)c1ccccc1C(=O)c1ccccc1)C2. The summed E-state index contributed by atoms with van der Waals surface area (Å²) in [6.07, 6.45) is 0. The van der Waals surface area contributed by atoms with E-state index in [9.17, 15) is 9.59 Å². The molecule has 0 saturated carbocycles. The van der Waals surface area contributed by atoms with Crippen LogP contribution in [0.15, 0.2) is 54.6 Å². The standard InChI is InChI=1S/C22H23NO4/c1-21(2)26-14-22(15-27-21)12-23(13-22)20(25)18-11-7-6-10-17(18)19(24)16-8-4-3-5-9-16/h3-11H,12-15H2,1-2H3. The lowest BCUT2D eigenvalue weighted by molar-refractivity contribution is -0.301. The third-order valence-electron chi connectivity index (χ3n) is 5.23. The Morgan fingerprint density at radius 2 is 1.41 bits per heavy atom. The van der Waals surface area contributed by atoms with Gasteiger partial charge in [0, 0.05) is 24.2 Å². The molecular formula is C22H23NO4. The molecule has 4 rings (SSSR count). The van der Waals surface area contributed by atoms with Crippen LogP contribution in [-0.4, -0.2) is 48.7 Å². The zero-order valence-electron chi connectivity index (χ0n) is 15.6. The first-order chi connectivity index (χ1) is 12.9. The molecule has 1 spiro atoms. The molecule has 2 fully saturated rings. The van der Waals surface area contributed by atoms with Gasteiger partial charge in [-0.3, -0.25) is 9.59 Å². The van der Waals surface area contributed by atoms with Crippen molar-refractivity contribution in [3.8, 4) is 0 Å². The van der Waals surface area contributed by atoms with Crippen LogP contribution >= 0.6 is 0 Å². The van der Waals surface area contributed by atoms with Gasteiger partial charge in [-0.05, 0) is 19.9 Å². The van der Waals surface area contributed by atoms with E-state index in [0.29, 0.717) is 43.0 Å².